The summed E-state index contributed by atoms with van der Waals surface area (Å²) in [4.78, 5) is 22.6. The Morgan fingerprint density at radius 2 is 2.12 bits per heavy atom. The number of pyridine rings is 2. The second kappa shape index (κ2) is 13.8. The molecule has 9 heteroatoms. The van der Waals surface area contributed by atoms with Crippen LogP contribution in [-0.4, -0.2) is 47.9 Å². The number of benzene rings is 2. The van der Waals surface area contributed by atoms with Crippen LogP contribution in [0.2, 0.25) is 5.02 Å². The fraction of sp³-hybridized carbons (Fsp3) is 0.250. The van der Waals surface area contributed by atoms with Gasteiger partial charge in [-0.3, -0.25) is 14.8 Å². The predicted molar refractivity (Wildman–Crippen MR) is 162 cm³/mol. The van der Waals surface area contributed by atoms with Crippen LogP contribution in [0.1, 0.15) is 52.7 Å². The van der Waals surface area contributed by atoms with Crippen LogP contribution in [0.5, 0.6) is 11.5 Å². The number of anilines is 2. The molecule has 0 aliphatic carbocycles. The molecule has 0 amide bonds. The molecular weight excluding hydrogens is 538 g/mol. The number of aryl methyl sites for hydroxylation is 1. The highest BCUT2D eigenvalue weighted by Gasteiger charge is 2.16. The molecule has 2 aromatic heterocycles. The maximum atomic E-state index is 13.2. The molecule has 4 rings (SSSR count). The summed E-state index contributed by atoms with van der Waals surface area (Å²) in [6.45, 7) is -8.78. The topological polar surface area (TPSA) is 100 Å². The molecule has 0 saturated heterocycles. The largest absolute Gasteiger partial charge is 0.494 e. The molecule has 2 heterocycles. The van der Waals surface area contributed by atoms with Crippen molar-refractivity contribution in [1.29, 1.82) is 5.26 Å². The number of nitrogens with zero attached hydrogens (tertiary/aromatic N) is 4. The number of aromatic nitrogens is 2. The Bertz CT molecular complexity index is 2410. The van der Waals surface area contributed by atoms with Crippen molar-refractivity contribution in [2.24, 2.45) is 0 Å². The number of carbonyl (C=O) groups is 1. The van der Waals surface area contributed by atoms with Gasteiger partial charge in [0.15, 0.2) is 5.78 Å². The van der Waals surface area contributed by atoms with Gasteiger partial charge in [0.25, 0.3) is 0 Å². The zero-order valence-corrected chi connectivity index (χ0v) is 22.6. The molecule has 41 heavy (non-hydrogen) atoms. The molecule has 0 spiro atoms. The van der Waals surface area contributed by atoms with Crippen molar-refractivity contribution in [3.8, 4) is 17.6 Å². The number of ether oxygens (including phenoxy) is 2. The maximum Gasteiger partial charge on any atom is 0.159 e. The third-order valence-corrected chi connectivity index (χ3v) is 5.29. The first kappa shape index (κ1) is 14.4. The first-order chi connectivity index (χ1) is 26.6. The van der Waals surface area contributed by atoms with E-state index < -0.39 is 142 Å². The molecule has 0 radical (unpaired) electrons. The van der Waals surface area contributed by atoms with Crippen molar-refractivity contribution < 1.29 is 37.6 Å². The van der Waals surface area contributed by atoms with E-state index >= 15 is 0 Å². The zero-order chi connectivity index (χ0) is 44.1. The molecule has 0 aliphatic heterocycles. The molecule has 0 aliphatic rings. The minimum atomic E-state index is -3.51. The fourth-order valence-corrected chi connectivity index (χ4v) is 3.47. The van der Waals surface area contributed by atoms with Gasteiger partial charge in [-0.25, -0.2) is 0 Å². The lowest BCUT2D eigenvalue weighted by atomic mass is 10.0. The monoisotopic (exact) mass is 586 g/mol. The van der Waals surface area contributed by atoms with Crippen LogP contribution in [0.25, 0.3) is 10.9 Å². The molecule has 1 N–H and O–H groups in total. The molecule has 0 unspecified atom stereocenters. The number of carbonyl (C=O) groups excluding carboxylic acids is 1. The number of nitriles is 1. The lowest BCUT2D eigenvalue weighted by Gasteiger charge is -2.16. The standard InChI is InChI=1S/C32H32ClN5O3/c1-5-40-31-17-29-27(15-22(31)14-26(39)10-7-13-38(3)4)32(23(18-34)19-35-29)37-24-11-12-30(28(33)16-24)41-20-25-9-6-8-21(2)36-25/h6-12,15-17,19H,5,13-14,20H2,1-4H3,(H,35,37)/b10-7+/i1D3,5D2,6D,7D,8D,9D,11D,12D,15D,16D,17D,19D,20D2. The number of ketones is 1. The Hall–Kier alpha value is -4.45. The fourth-order valence-electron chi connectivity index (χ4n) is 3.29. The Balaban J connectivity index is 2.01. The van der Waals surface area contributed by atoms with E-state index in [1.165, 1.54) is 6.92 Å². The van der Waals surface area contributed by atoms with Crippen molar-refractivity contribution in [1.82, 2.24) is 14.9 Å². The van der Waals surface area contributed by atoms with E-state index in [1.807, 2.05) is 0 Å². The van der Waals surface area contributed by atoms with Gasteiger partial charge in [0.05, 0.1) is 53.2 Å². The molecule has 0 bridgehead atoms. The quantitative estimate of drug-likeness (QED) is 0.190. The van der Waals surface area contributed by atoms with Crippen molar-refractivity contribution in [3.05, 3.63) is 94.2 Å². The second-order valence-electron chi connectivity index (χ2n) is 8.44. The maximum absolute atomic E-state index is 13.2. The Kier molecular flexibility index (Phi) is 4.84. The molecule has 0 saturated carbocycles. The summed E-state index contributed by atoms with van der Waals surface area (Å²) in [7, 11) is 3.26. The van der Waals surface area contributed by atoms with Gasteiger partial charge in [-0.15, -0.1) is 0 Å². The number of likely N-dealkylation sites (N-methyl/N-ethyl adjacent to an activating group) is 1. The van der Waals surface area contributed by atoms with E-state index in [0.29, 0.717) is 0 Å². The van der Waals surface area contributed by atoms with E-state index in [2.05, 4.69) is 15.3 Å². The average Bonchev–Trinajstić information content (AvgIpc) is 3.10. The molecule has 4 aromatic rings. The minimum Gasteiger partial charge on any atom is -0.494 e. The first-order valence-corrected chi connectivity index (χ1v) is 12.1. The Morgan fingerprint density at radius 1 is 1.27 bits per heavy atom. The number of fused-ring (bicyclic) bond motifs is 1. The van der Waals surface area contributed by atoms with Crippen LogP contribution in [0.15, 0.2) is 66.6 Å². The molecule has 2 aromatic carbocycles. The van der Waals surface area contributed by atoms with Crippen molar-refractivity contribution >= 4 is 39.7 Å². The van der Waals surface area contributed by atoms with Crippen LogP contribution in [-0.2, 0) is 17.8 Å². The third-order valence-electron chi connectivity index (χ3n) is 5.02. The summed E-state index contributed by atoms with van der Waals surface area (Å²) in [6, 6.07) is -4.90. The van der Waals surface area contributed by atoms with Gasteiger partial charge < -0.3 is 19.7 Å². The van der Waals surface area contributed by atoms with Crippen LogP contribution < -0.4 is 14.8 Å². The lowest BCUT2D eigenvalue weighted by Crippen LogP contribution is -2.11. The van der Waals surface area contributed by atoms with E-state index in [9.17, 15) is 11.4 Å². The summed E-state index contributed by atoms with van der Waals surface area (Å²) >= 11 is 6.42. The number of halogens is 1. The first-order valence-electron chi connectivity index (χ1n) is 20.2. The van der Waals surface area contributed by atoms with Crippen LogP contribution in [0.4, 0.5) is 11.4 Å². The van der Waals surface area contributed by atoms with E-state index in [-0.39, 0.29) is 18.3 Å². The molecule has 0 atom stereocenters. The van der Waals surface area contributed by atoms with Crippen LogP contribution >= 0.6 is 11.6 Å². The zero-order valence-electron chi connectivity index (χ0n) is 38.9. The SMILES string of the molecule is [2H]/C(=C\C(=O)Cc1c(OC([2H])([2H])C([2H])([2H])[2H])c([2H])c2nc([2H])c(C#N)c(Nc3c([2H])c([2H])c(OC([2H])([2H])c4nc(C)c([2H])c([2H])c4[2H])c(Cl)c3[2H])c2c1[2H])CN(C)C. The number of nitrogens with one attached hydrogen (secondary N) is 1. The number of hydrogen-bond acceptors (Lipinski definition) is 8. The predicted octanol–water partition coefficient (Wildman–Crippen LogP) is 6.41. The van der Waals surface area contributed by atoms with Gasteiger partial charge in [-0.05, 0) is 70.2 Å². The molecule has 210 valence electrons. The molecular formula is C32H32ClN5O3. The highest BCUT2D eigenvalue weighted by atomic mass is 35.5. The van der Waals surface area contributed by atoms with E-state index in [4.69, 9.17) is 43.0 Å². The second-order valence-corrected chi connectivity index (χ2v) is 8.82. The third kappa shape index (κ3) is 7.82. The minimum absolute atomic E-state index is 0.00846. The lowest BCUT2D eigenvalue weighted by molar-refractivity contribution is -0.114. The van der Waals surface area contributed by atoms with E-state index in [1.54, 1.807) is 25.1 Å². The number of allylic oxidation sites excluding steroid dienone is 1. The number of rotatable bonds is 12. The van der Waals surface area contributed by atoms with Crippen molar-refractivity contribution in [3.63, 3.8) is 0 Å². The van der Waals surface area contributed by atoms with E-state index in [0.717, 1.165) is 6.08 Å². The van der Waals surface area contributed by atoms with Gasteiger partial charge in [0, 0.05) is 51.6 Å². The van der Waals surface area contributed by atoms with Gasteiger partial charge in [0.1, 0.15) is 24.1 Å². The van der Waals surface area contributed by atoms with Gasteiger partial charge in [-0.1, -0.05) is 23.7 Å². The number of hydrogen-bond donors (Lipinski definition) is 1. The Morgan fingerprint density at radius 3 is 2.90 bits per heavy atom. The smallest absolute Gasteiger partial charge is 0.159 e. The summed E-state index contributed by atoms with van der Waals surface area (Å²) in [5, 5.41) is 11.3. The summed E-state index contributed by atoms with van der Waals surface area (Å²) in [6.07, 6.45) is -0.854. The van der Waals surface area contributed by atoms with Gasteiger partial charge in [-0.2, -0.15) is 5.26 Å². The van der Waals surface area contributed by atoms with Gasteiger partial charge in [0.2, 0.25) is 0 Å². The molecule has 8 nitrogen and oxygen atoms in total. The highest BCUT2D eigenvalue weighted by molar-refractivity contribution is 6.32. The molecule has 0 fully saturated rings. The summed E-state index contributed by atoms with van der Waals surface area (Å²) < 4.78 is 151. The normalized spacial score (nSPS) is 18.3. The van der Waals surface area contributed by atoms with Crippen LogP contribution in [0, 0.1) is 18.3 Å². The van der Waals surface area contributed by atoms with Gasteiger partial charge >= 0.3 is 0 Å². The van der Waals surface area contributed by atoms with Crippen molar-refractivity contribution in [2.45, 2.75) is 26.8 Å². The highest BCUT2D eigenvalue weighted by Crippen LogP contribution is 2.36. The Labute approximate surface area is 269 Å². The summed E-state index contributed by atoms with van der Waals surface area (Å²) in [5.41, 5.74) is -4.06. The summed E-state index contributed by atoms with van der Waals surface area (Å²) in [5.74, 6) is -2.67. The van der Waals surface area contributed by atoms with Crippen LogP contribution in [0.3, 0.4) is 0 Å². The van der Waals surface area contributed by atoms with Crippen molar-refractivity contribution in [2.75, 3.05) is 32.5 Å². The average molecular weight is 587 g/mol.